The molecule has 1 aliphatic heterocycles. The molecule has 0 saturated heterocycles. The van der Waals surface area contributed by atoms with Crippen molar-refractivity contribution in [1.82, 2.24) is 0 Å². The van der Waals surface area contributed by atoms with Crippen LogP contribution in [-0.2, 0) is 9.47 Å². The molecule has 0 bridgehead atoms. The summed E-state index contributed by atoms with van der Waals surface area (Å²) in [5.74, 6) is -2.00. The van der Waals surface area contributed by atoms with Crippen LogP contribution in [0.25, 0.3) is 0 Å². The normalized spacial score (nSPS) is 23.6. The van der Waals surface area contributed by atoms with Crippen LogP contribution in [0.5, 0.6) is 0 Å². The Balaban J connectivity index is 2.64. The van der Waals surface area contributed by atoms with Crippen LogP contribution in [0.2, 0.25) is 0 Å². The van der Waals surface area contributed by atoms with Crippen LogP contribution in [0, 0.1) is 0 Å². The second-order valence-electron chi connectivity index (χ2n) is 2.55. The minimum Gasteiger partial charge on any atom is -0.488 e. The Morgan fingerprint density at radius 1 is 1.09 bits per heavy atom. The first-order valence-corrected chi connectivity index (χ1v) is 3.32. The van der Waals surface area contributed by atoms with E-state index in [4.69, 9.17) is 9.47 Å². The second-order valence-corrected chi connectivity index (χ2v) is 2.55. The van der Waals surface area contributed by atoms with Gasteiger partial charge in [-0.1, -0.05) is 0 Å². The first-order chi connectivity index (χ1) is 5.01. The summed E-state index contributed by atoms with van der Waals surface area (Å²) < 4.78 is 34.5. The molecule has 1 aliphatic rings. The molecule has 1 rings (SSSR count). The Bertz CT molecular complexity index is 169. The molecule has 0 spiro atoms. The van der Waals surface area contributed by atoms with Crippen molar-refractivity contribution >= 4 is 0 Å². The van der Waals surface area contributed by atoms with E-state index in [9.17, 15) is 8.78 Å². The topological polar surface area (TPSA) is 18.5 Å². The molecule has 0 atom stereocenters. The molecule has 11 heavy (non-hydrogen) atoms. The molecule has 0 aromatic carbocycles. The molecule has 0 aliphatic carbocycles. The van der Waals surface area contributed by atoms with Gasteiger partial charge in [-0.2, -0.15) is 8.78 Å². The minimum atomic E-state index is -2.86. The average molecular weight is 164 g/mol. The van der Waals surface area contributed by atoms with Crippen LogP contribution in [0.3, 0.4) is 0 Å². The van der Waals surface area contributed by atoms with Gasteiger partial charge in [0.2, 0.25) is 0 Å². The zero-order chi connectivity index (χ0) is 8.48. The molecule has 0 aromatic rings. The number of hydrogen-bond donors (Lipinski definition) is 0. The molecular weight excluding hydrogens is 154 g/mol. The summed E-state index contributed by atoms with van der Waals surface area (Å²) >= 11 is 0. The highest BCUT2D eigenvalue weighted by Gasteiger charge is 2.33. The van der Waals surface area contributed by atoms with Crippen LogP contribution in [0.15, 0.2) is 11.5 Å². The lowest BCUT2D eigenvalue weighted by atomic mass is 10.4. The predicted octanol–water partition coefficient (Wildman–Crippen LogP) is 1.92. The van der Waals surface area contributed by atoms with Gasteiger partial charge < -0.3 is 9.47 Å². The van der Waals surface area contributed by atoms with Gasteiger partial charge in [0.25, 0.3) is 0 Å². The SMILES string of the molecule is CC1=C(C)OCC(F)(F)CO1. The third-order valence-electron chi connectivity index (χ3n) is 1.50. The van der Waals surface area contributed by atoms with Crippen LogP contribution in [0.4, 0.5) is 8.78 Å². The number of alkyl halides is 2. The van der Waals surface area contributed by atoms with Gasteiger partial charge in [0, 0.05) is 0 Å². The van der Waals surface area contributed by atoms with E-state index in [1.54, 1.807) is 13.8 Å². The van der Waals surface area contributed by atoms with Crippen molar-refractivity contribution in [3.05, 3.63) is 11.5 Å². The van der Waals surface area contributed by atoms with Crippen LogP contribution in [0.1, 0.15) is 13.8 Å². The van der Waals surface area contributed by atoms with E-state index in [2.05, 4.69) is 0 Å². The van der Waals surface area contributed by atoms with E-state index in [1.807, 2.05) is 0 Å². The molecule has 0 saturated carbocycles. The van der Waals surface area contributed by atoms with Crippen LogP contribution in [-0.4, -0.2) is 19.1 Å². The maximum Gasteiger partial charge on any atom is 0.314 e. The Morgan fingerprint density at radius 3 is 1.82 bits per heavy atom. The lowest BCUT2D eigenvalue weighted by Gasteiger charge is -2.11. The zero-order valence-electron chi connectivity index (χ0n) is 6.49. The smallest absolute Gasteiger partial charge is 0.314 e. The van der Waals surface area contributed by atoms with Crippen molar-refractivity contribution in [1.29, 1.82) is 0 Å². The average Bonchev–Trinajstić information content (AvgIpc) is 2.03. The standard InChI is InChI=1S/C7H10F2O2/c1-5-6(2)11-4-7(8,9)3-10-5/h3-4H2,1-2H3. The zero-order valence-corrected chi connectivity index (χ0v) is 6.49. The molecule has 0 unspecified atom stereocenters. The summed E-state index contributed by atoms with van der Waals surface area (Å²) in [5.41, 5.74) is 0. The molecule has 0 radical (unpaired) electrons. The molecule has 64 valence electrons. The van der Waals surface area contributed by atoms with Crippen molar-refractivity contribution in [2.75, 3.05) is 13.2 Å². The molecule has 0 fully saturated rings. The lowest BCUT2D eigenvalue weighted by molar-refractivity contribution is -0.0856. The van der Waals surface area contributed by atoms with E-state index >= 15 is 0 Å². The molecule has 0 aromatic heterocycles. The van der Waals surface area contributed by atoms with Gasteiger partial charge in [0.15, 0.2) is 13.2 Å². The highest BCUT2D eigenvalue weighted by atomic mass is 19.3. The number of halogens is 2. The van der Waals surface area contributed by atoms with E-state index in [0.717, 1.165) is 0 Å². The van der Waals surface area contributed by atoms with Crippen LogP contribution >= 0.6 is 0 Å². The van der Waals surface area contributed by atoms with Crippen molar-refractivity contribution in [3.63, 3.8) is 0 Å². The minimum absolute atomic E-state index is 0.433. The molecular formula is C7H10F2O2. The Morgan fingerprint density at radius 2 is 1.45 bits per heavy atom. The highest BCUT2D eigenvalue weighted by molar-refractivity contribution is 4.97. The first kappa shape index (κ1) is 8.30. The molecule has 4 heteroatoms. The fraction of sp³-hybridized carbons (Fsp3) is 0.714. The van der Waals surface area contributed by atoms with Gasteiger partial charge in [-0.15, -0.1) is 0 Å². The summed E-state index contributed by atoms with van der Waals surface area (Å²) in [4.78, 5) is 0. The molecule has 0 N–H and O–H groups in total. The van der Waals surface area contributed by atoms with Gasteiger partial charge in [0.05, 0.1) is 0 Å². The fourth-order valence-corrected chi connectivity index (χ4v) is 0.673. The quantitative estimate of drug-likeness (QED) is 0.544. The third-order valence-corrected chi connectivity index (χ3v) is 1.50. The van der Waals surface area contributed by atoms with Gasteiger partial charge in [-0.05, 0) is 13.8 Å². The third kappa shape index (κ3) is 2.06. The first-order valence-electron chi connectivity index (χ1n) is 3.32. The summed E-state index contributed by atoms with van der Waals surface area (Å²) in [7, 11) is 0. The van der Waals surface area contributed by atoms with Crippen LogP contribution < -0.4 is 0 Å². The molecule has 0 amide bonds. The Kier molecular flexibility index (Phi) is 2.02. The summed E-state index contributed by atoms with van der Waals surface area (Å²) in [6.45, 7) is 2.04. The fourth-order valence-electron chi connectivity index (χ4n) is 0.673. The van der Waals surface area contributed by atoms with Gasteiger partial charge in [-0.3, -0.25) is 0 Å². The van der Waals surface area contributed by atoms with E-state index in [-0.39, 0.29) is 0 Å². The van der Waals surface area contributed by atoms with Crippen molar-refractivity contribution < 1.29 is 18.3 Å². The summed E-state index contributed by atoms with van der Waals surface area (Å²) in [6, 6.07) is 0. The maximum absolute atomic E-state index is 12.5. The number of rotatable bonds is 0. The Labute approximate surface area is 63.8 Å². The monoisotopic (exact) mass is 164 g/mol. The van der Waals surface area contributed by atoms with Crippen molar-refractivity contribution in [2.45, 2.75) is 19.8 Å². The van der Waals surface area contributed by atoms with Gasteiger partial charge in [0.1, 0.15) is 11.5 Å². The van der Waals surface area contributed by atoms with Crippen molar-refractivity contribution in [2.24, 2.45) is 0 Å². The van der Waals surface area contributed by atoms with E-state index < -0.39 is 19.1 Å². The number of hydrogen-bond acceptors (Lipinski definition) is 2. The summed E-state index contributed by atoms with van der Waals surface area (Å²) in [5, 5.41) is 0. The van der Waals surface area contributed by atoms with E-state index in [0.29, 0.717) is 11.5 Å². The lowest BCUT2D eigenvalue weighted by Crippen LogP contribution is -2.27. The molecule has 2 nitrogen and oxygen atoms in total. The van der Waals surface area contributed by atoms with Crippen molar-refractivity contribution in [3.8, 4) is 0 Å². The largest absolute Gasteiger partial charge is 0.488 e. The molecule has 1 heterocycles. The highest BCUT2D eigenvalue weighted by Crippen LogP contribution is 2.22. The summed E-state index contributed by atoms with van der Waals surface area (Å²) in [6.07, 6.45) is 0. The van der Waals surface area contributed by atoms with Gasteiger partial charge >= 0.3 is 5.92 Å². The maximum atomic E-state index is 12.5. The van der Waals surface area contributed by atoms with E-state index in [1.165, 1.54) is 0 Å². The second kappa shape index (κ2) is 2.68. The number of allylic oxidation sites excluding steroid dienone is 2. The number of ether oxygens (including phenoxy) is 2. The Hall–Kier alpha value is -0.800. The predicted molar refractivity (Wildman–Crippen MR) is 35.2 cm³/mol. The van der Waals surface area contributed by atoms with Gasteiger partial charge in [-0.25, -0.2) is 0 Å².